The molecule has 0 aromatic carbocycles. The molecule has 23 atom stereocenters. The molecule has 0 radical (unpaired) electrons. The number of esters is 1. The molecule has 40 nitrogen and oxygen atoms in total. The number of nitrogens with one attached hydrogen (secondary N) is 10. The Morgan fingerprint density at radius 2 is 1.13 bits per heavy atom. The van der Waals surface area contributed by atoms with Gasteiger partial charge in [-0.05, 0) is 94.4 Å². The number of nitrogens with two attached hydrogens (primary N) is 5. The Morgan fingerprint density at radius 3 is 1.63 bits per heavy atom. The van der Waals surface area contributed by atoms with Crippen molar-refractivity contribution < 1.29 is 111 Å². The number of ether oxygens (including phenoxy) is 2. The third-order valence-electron chi connectivity index (χ3n) is 20.2. The molecular weight excluding hydrogens is 1470 g/mol. The van der Waals surface area contributed by atoms with Crippen molar-refractivity contribution in [3.05, 3.63) is 0 Å². The average molecular weight is 1600 g/mol. The number of rotatable bonds is 38. The van der Waals surface area contributed by atoms with Gasteiger partial charge in [0, 0.05) is 47.0 Å². The number of primary amides is 4. The fraction of sp³-hybridized carbons (Fsp3) is 0.764. The van der Waals surface area contributed by atoms with Crippen molar-refractivity contribution in [1.29, 1.82) is 0 Å². The maximum atomic E-state index is 15.2. The van der Waals surface area contributed by atoms with Gasteiger partial charge in [-0.15, -0.1) is 0 Å². The van der Waals surface area contributed by atoms with E-state index in [2.05, 4.69) is 53.2 Å². The fourth-order valence-electron chi connectivity index (χ4n) is 12.4. The van der Waals surface area contributed by atoms with E-state index < -0.39 is 259 Å². The lowest BCUT2D eigenvalue weighted by molar-refractivity contribution is -0.162. The van der Waals surface area contributed by atoms with Crippen LogP contribution >= 0.6 is 0 Å². The Kier molecular flexibility index (Phi) is 43.1. The highest BCUT2D eigenvalue weighted by atomic mass is 16.5. The molecule has 1 saturated heterocycles. The van der Waals surface area contributed by atoms with Crippen LogP contribution in [0, 0.1) is 47.3 Å². The van der Waals surface area contributed by atoms with Crippen LogP contribution in [0.15, 0.2) is 0 Å². The molecule has 0 saturated carbocycles. The third-order valence-corrected chi connectivity index (χ3v) is 20.2. The number of carbonyl (C=O) groups excluding carboxylic acids is 17. The molecule has 1 rings (SSSR count). The van der Waals surface area contributed by atoms with E-state index in [9.17, 15) is 92.3 Å². The predicted octanol–water partition coefficient (Wildman–Crippen LogP) is -6.47. The summed E-state index contributed by atoms with van der Waals surface area (Å²) in [5.74, 6) is -26.4. The second-order valence-electron chi connectivity index (χ2n) is 30.3. The summed E-state index contributed by atoms with van der Waals surface area (Å²) in [5, 5.41) is 70.0. The van der Waals surface area contributed by atoms with E-state index in [4.69, 9.17) is 38.1 Å². The van der Waals surface area contributed by atoms with Crippen LogP contribution in [0.5, 0.6) is 0 Å². The highest BCUT2D eigenvalue weighted by Crippen LogP contribution is 2.25. The average Bonchev–Trinajstić information content (AvgIpc) is 0.890. The van der Waals surface area contributed by atoms with E-state index >= 15 is 9.59 Å². The minimum absolute atomic E-state index is 0.00651. The Labute approximate surface area is 654 Å². The van der Waals surface area contributed by atoms with Gasteiger partial charge >= 0.3 is 5.97 Å². The molecule has 1 fully saturated rings. The van der Waals surface area contributed by atoms with Crippen LogP contribution in [0.3, 0.4) is 0 Å². The van der Waals surface area contributed by atoms with Crippen LogP contribution in [0.4, 0.5) is 0 Å². The predicted molar refractivity (Wildman–Crippen MR) is 403 cm³/mol. The zero-order chi connectivity index (χ0) is 86.4. The summed E-state index contributed by atoms with van der Waals surface area (Å²) in [6, 6.07) is -21.0. The van der Waals surface area contributed by atoms with Gasteiger partial charge in [0.2, 0.25) is 88.6 Å². The quantitative estimate of drug-likeness (QED) is 0.0256. The summed E-state index contributed by atoms with van der Waals surface area (Å²) < 4.78 is 11.2. The maximum Gasteiger partial charge on any atom is 0.329 e. The Hall–Kier alpha value is -9.25. The van der Waals surface area contributed by atoms with Crippen LogP contribution in [-0.2, 0) is 91.0 Å². The largest absolute Gasteiger partial charge is 0.458 e. The van der Waals surface area contributed by atoms with Gasteiger partial charge in [-0.1, -0.05) is 95.9 Å². The van der Waals surface area contributed by atoms with Crippen LogP contribution in [0.1, 0.15) is 168 Å². The first kappa shape index (κ1) is 101. The van der Waals surface area contributed by atoms with E-state index in [1.54, 1.807) is 34.6 Å². The number of cyclic esters (lactones) is 1. The molecule has 0 spiro atoms. The van der Waals surface area contributed by atoms with Crippen LogP contribution in [0.25, 0.3) is 0 Å². The Bertz CT molecular complexity index is 3260. The smallest absolute Gasteiger partial charge is 0.329 e. The van der Waals surface area contributed by atoms with Gasteiger partial charge in [-0.2, -0.15) is 0 Å². The molecule has 23 unspecified atom stereocenters. The first-order valence-corrected chi connectivity index (χ1v) is 37.8. The lowest BCUT2D eigenvalue weighted by Gasteiger charge is -2.35. The SMILES string of the molecule is CCC(C)CC1NC(=O)C(CCCN)NC(=O)C(C(C)O)NC(=O)C(NC(=O)C(NC(=O)C(O)C(O)C(NC(=O)C(CNC(C)=O)NC(=O)C(C)C(O)C(C)CC(C)CC)C(C)C)C(C)C(C)C(N)=O)C(C)OC(=O)C(CC(C)C)N(C)C(=O)C(CC(N)=O)NC(=O)C(C(OC)C(N)=O)NC(=O)C(CCC(N)=O)N(C)C1=O. The summed E-state index contributed by atoms with van der Waals surface area (Å²) >= 11 is 0. The molecule has 0 bridgehead atoms. The van der Waals surface area contributed by atoms with Crippen LogP contribution < -0.4 is 81.8 Å². The van der Waals surface area contributed by atoms with Gasteiger partial charge in [0.15, 0.2) is 12.2 Å². The van der Waals surface area contributed by atoms with Gasteiger partial charge in [0.05, 0.1) is 30.6 Å². The van der Waals surface area contributed by atoms with E-state index in [1.807, 2.05) is 13.8 Å². The molecule has 0 aliphatic carbocycles. The maximum absolute atomic E-state index is 15.2. The number of aliphatic hydroxyl groups excluding tert-OH is 4. The normalized spacial score (nSPS) is 24.2. The van der Waals surface area contributed by atoms with Crippen molar-refractivity contribution in [2.45, 2.75) is 271 Å². The summed E-state index contributed by atoms with van der Waals surface area (Å²) in [7, 11) is 3.02. The van der Waals surface area contributed by atoms with Gasteiger partial charge in [0.25, 0.3) is 5.91 Å². The molecule has 112 heavy (non-hydrogen) atoms. The molecule has 16 amide bonds. The van der Waals surface area contributed by atoms with Crippen molar-refractivity contribution in [2.75, 3.05) is 34.3 Å². The number of hydrogen-bond acceptors (Lipinski definition) is 24. The first-order valence-electron chi connectivity index (χ1n) is 37.8. The molecule has 0 aromatic rings. The number of likely N-dealkylation sites (N-methyl/N-ethyl adjacent to an activating group) is 2. The first-order chi connectivity index (χ1) is 52.0. The summed E-state index contributed by atoms with van der Waals surface area (Å²) in [6.07, 6.45) is -13.4. The molecule has 638 valence electrons. The second-order valence-corrected chi connectivity index (χ2v) is 30.3. The molecule has 1 aliphatic rings. The van der Waals surface area contributed by atoms with Crippen molar-refractivity contribution in [3.63, 3.8) is 0 Å². The lowest BCUT2D eigenvalue weighted by atomic mass is 9.85. The summed E-state index contributed by atoms with van der Waals surface area (Å²) in [6.45, 7) is 21.7. The van der Waals surface area contributed by atoms with Crippen LogP contribution in [0.2, 0.25) is 0 Å². The number of hydrogen-bond donors (Lipinski definition) is 19. The summed E-state index contributed by atoms with van der Waals surface area (Å²) in [4.78, 5) is 241. The Morgan fingerprint density at radius 1 is 0.589 bits per heavy atom. The lowest BCUT2D eigenvalue weighted by Crippen LogP contribution is -2.65. The Balaban J connectivity index is 4.53. The zero-order valence-electron chi connectivity index (χ0n) is 67.7. The number of aliphatic hydroxyl groups is 4. The highest BCUT2D eigenvalue weighted by molar-refractivity contribution is 6.02. The topological polar surface area (TPSA) is 646 Å². The summed E-state index contributed by atoms with van der Waals surface area (Å²) in [5.41, 5.74) is 28.4. The number of methoxy groups -OCH3 is 1. The van der Waals surface area contributed by atoms with Crippen molar-refractivity contribution in [3.8, 4) is 0 Å². The van der Waals surface area contributed by atoms with E-state index in [0.29, 0.717) is 17.7 Å². The zero-order valence-corrected chi connectivity index (χ0v) is 67.7. The molecular formula is C72H127N17O23. The minimum atomic E-state index is -2.61. The third kappa shape index (κ3) is 31.4. The highest BCUT2D eigenvalue weighted by Gasteiger charge is 2.46. The van der Waals surface area contributed by atoms with Crippen molar-refractivity contribution >= 4 is 100 Å². The van der Waals surface area contributed by atoms with Gasteiger partial charge < -0.3 is 122 Å². The van der Waals surface area contributed by atoms with E-state index in [-0.39, 0.29) is 50.0 Å². The minimum Gasteiger partial charge on any atom is -0.458 e. The molecule has 40 heteroatoms. The van der Waals surface area contributed by atoms with E-state index in [0.717, 1.165) is 53.3 Å². The van der Waals surface area contributed by atoms with Gasteiger partial charge in [0.1, 0.15) is 72.6 Å². The molecule has 0 aromatic heterocycles. The van der Waals surface area contributed by atoms with E-state index in [1.165, 1.54) is 34.6 Å². The number of nitrogens with zero attached hydrogens (tertiary/aromatic N) is 2. The van der Waals surface area contributed by atoms with Gasteiger partial charge in [-0.3, -0.25) is 76.7 Å². The molecule has 24 N–H and O–H groups in total. The van der Waals surface area contributed by atoms with Crippen molar-refractivity contribution in [2.24, 2.45) is 76.0 Å². The molecule has 1 aliphatic heterocycles. The number of carbonyl (C=O) groups is 17. The van der Waals surface area contributed by atoms with Gasteiger partial charge in [-0.25, -0.2) is 4.79 Å². The molecule has 1 heterocycles. The standard InChI is InChI=1S/C72H127N17O23/c1-19-33(7)27-35(9)55(94)38(12)61(99)82-45(30-78-41(15)91)63(101)83-50(32(5)6)56(95)57(96)69(107)84-51(36(10)37(11)59(76)97)65(103)86-53-40(14)112-72(110)47(26-31(3)4)89(17)71(109)44(29-49(75)93)81-68(106)54(58(111-18)60(77)98)87-64(102)46(23-24-48(74)92)88(16)70(108)43(28-34(8)20-2)80-62(100)42(22-21-25-73)79-66(104)52(39(13)90)85-67(53)105/h31-40,42-47,50-58,90,94-96H,19-30,73H2,1-18H3,(H2,74,92)(H2,75,93)(H2,76,97)(H2,77,98)(H,78,91)(H,79,104)(H,80,100)(H,81,106)(H,82,99)(H,83,101)(H,84,107)(H,85,105)(H,86,103)(H,87,102). The van der Waals surface area contributed by atoms with Crippen molar-refractivity contribution in [1.82, 2.24) is 63.0 Å². The second kappa shape index (κ2) is 48.0. The number of amides is 16. The van der Waals surface area contributed by atoms with Crippen LogP contribution in [-0.4, -0.2) is 268 Å². The monoisotopic (exact) mass is 1600 g/mol. The fourth-order valence-corrected chi connectivity index (χ4v) is 12.4.